The minimum atomic E-state index is -5.38. The summed E-state index contributed by atoms with van der Waals surface area (Å²) in [6.45, 7) is 3.01. The van der Waals surface area contributed by atoms with E-state index < -0.39 is 83.5 Å². The number of unbranched alkanes of at least 4 members (excludes halogenated alkanes) is 14. The Morgan fingerprint density at radius 3 is 1.68 bits per heavy atom. The van der Waals surface area contributed by atoms with Crippen molar-refractivity contribution in [1.82, 2.24) is 0 Å². The largest absolute Gasteiger partial charge is 0.472 e. The van der Waals surface area contributed by atoms with Crippen LogP contribution in [0.5, 0.6) is 0 Å². The Labute approximate surface area is 392 Å². The van der Waals surface area contributed by atoms with E-state index in [9.17, 15) is 53.8 Å². The maximum Gasteiger partial charge on any atom is 0.472 e. The smallest absolute Gasteiger partial charge is 0.462 e. The first-order chi connectivity index (χ1) is 31.6. The molecule has 7 N–H and O–H groups in total. The number of carbonyl (C=O) groups excluding carboxylic acids is 2. The van der Waals surface area contributed by atoms with Gasteiger partial charge in [0.15, 0.2) is 6.10 Å². The van der Waals surface area contributed by atoms with E-state index >= 15 is 0 Å². The van der Waals surface area contributed by atoms with Crippen LogP contribution in [0.4, 0.5) is 0 Å². The van der Waals surface area contributed by atoms with Crippen LogP contribution in [0, 0.1) is 0 Å². The number of ether oxygens (including phenoxy) is 3. The second kappa shape index (κ2) is 35.1. The first-order valence-electron chi connectivity index (χ1n) is 24.3. The number of phosphoric acid groups is 2. The molecule has 2 fully saturated rings. The van der Waals surface area contributed by atoms with Crippen LogP contribution >= 0.6 is 15.6 Å². The molecule has 0 aromatic carbocycles. The molecule has 1 aliphatic carbocycles. The fourth-order valence-corrected chi connectivity index (χ4v) is 8.94. The van der Waals surface area contributed by atoms with Crippen molar-refractivity contribution < 1.29 is 81.6 Å². The Balaban J connectivity index is 1.83. The Morgan fingerprint density at radius 2 is 1.06 bits per heavy atom. The van der Waals surface area contributed by atoms with E-state index in [1.54, 1.807) is 0 Å². The highest BCUT2D eigenvalue weighted by atomic mass is 31.2. The van der Waals surface area contributed by atoms with Gasteiger partial charge in [-0.1, -0.05) is 127 Å². The summed E-state index contributed by atoms with van der Waals surface area (Å²) in [6, 6.07) is 0. The Kier molecular flexibility index (Phi) is 31.9. The number of esters is 2. The first kappa shape index (κ1) is 60.0. The number of carbonyl (C=O) groups is 2. The standard InChI is InChI=1S/C47H82O17P2/c1-3-5-7-9-11-13-15-17-18-19-21-23-25-27-29-33-40(48)59-35-37(36-60-66(57,58)64-47-44(52)42(50)43(51)46(45(47)53)63-65(54,55)56)61-41(49)34-30-32-39-38(62-39)31-28-26-24-22-20-16-14-12-10-8-6-4-2/h12,14,17-18,20,22,26,28,37-39,42-47,50-53H,3-11,13,15-16,19,21,23-25,27,29-36H2,1-2H3,(H,57,58)(H2,54,55,56)/b14-12-,18-17-,22-20-,28-26-/t37-,38?,39?,42?,43?,44?,45?,46-,47+/m1/s1. The predicted molar refractivity (Wildman–Crippen MR) is 250 cm³/mol. The van der Waals surface area contributed by atoms with Crippen LogP contribution < -0.4 is 0 Å². The summed E-state index contributed by atoms with van der Waals surface area (Å²) in [7, 11) is -10.7. The van der Waals surface area contributed by atoms with Crippen molar-refractivity contribution in [2.45, 2.75) is 223 Å². The van der Waals surface area contributed by atoms with Crippen molar-refractivity contribution in [1.29, 1.82) is 0 Å². The van der Waals surface area contributed by atoms with Gasteiger partial charge >= 0.3 is 27.6 Å². The van der Waals surface area contributed by atoms with E-state index in [1.807, 2.05) is 0 Å². The molecule has 66 heavy (non-hydrogen) atoms. The highest BCUT2D eigenvalue weighted by Crippen LogP contribution is 2.49. The number of phosphoric ester groups is 2. The van der Waals surface area contributed by atoms with Crippen LogP contribution in [0.1, 0.15) is 168 Å². The van der Waals surface area contributed by atoms with Gasteiger partial charge in [0.2, 0.25) is 0 Å². The van der Waals surface area contributed by atoms with E-state index in [1.165, 1.54) is 57.8 Å². The molecule has 0 radical (unpaired) electrons. The number of allylic oxidation sites excluding steroid dienone is 7. The lowest BCUT2D eigenvalue weighted by Crippen LogP contribution is -2.64. The molecule has 10 atom stereocenters. The fourth-order valence-electron chi connectivity index (χ4n) is 7.40. The Morgan fingerprint density at radius 1 is 0.561 bits per heavy atom. The molecular formula is C47H82O17P2. The van der Waals surface area contributed by atoms with Crippen molar-refractivity contribution in [3.63, 3.8) is 0 Å². The summed E-state index contributed by atoms with van der Waals surface area (Å²) in [5, 5.41) is 41.3. The van der Waals surface area contributed by atoms with E-state index in [-0.39, 0.29) is 25.0 Å². The second-order valence-electron chi connectivity index (χ2n) is 17.2. The number of hydrogen-bond donors (Lipinski definition) is 7. The van der Waals surface area contributed by atoms with Crippen molar-refractivity contribution in [2.24, 2.45) is 0 Å². The number of rotatable bonds is 39. The summed E-state index contributed by atoms with van der Waals surface area (Å²) in [5.74, 6) is -1.29. The van der Waals surface area contributed by atoms with Crippen LogP contribution in [0.3, 0.4) is 0 Å². The first-order valence-corrected chi connectivity index (χ1v) is 27.3. The van der Waals surface area contributed by atoms with Crippen molar-refractivity contribution >= 4 is 27.6 Å². The molecule has 1 aliphatic heterocycles. The monoisotopic (exact) mass is 981 g/mol. The highest BCUT2D eigenvalue weighted by Gasteiger charge is 2.54. The SMILES string of the molecule is CCCCC/C=C\C/C=C\C/C=C\CC1OC1CCCC(=O)O[C@H](COC(=O)CCCCCCC/C=C\CCCCCCCC)COP(=O)(O)O[C@H]1C(O)C(O)C(O)[C@@H](OP(=O)(O)O)C1O. The molecule has 1 saturated carbocycles. The van der Waals surface area contributed by atoms with Crippen molar-refractivity contribution in [2.75, 3.05) is 13.2 Å². The normalized spacial score (nSPS) is 25.0. The van der Waals surface area contributed by atoms with E-state index in [4.69, 9.17) is 23.3 Å². The van der Waals surface area contributed by atoms with Gasteiger partial charge in [-0.3, -0.25) is 23.2 Å². The zero-order valence-electron chi connectivity index (χ0n) is 39.3. The minimum Gasteiger partial charge on any atom is -0.462 e. The third-order valence-electron chi connectivity index (χ3n) is 11.3. The average molecular weight is 981 g/mol. The van der Waals surface area contributed by atoms with Gasteiger partial charge < -0.3 is 49.3 Å². The highest BCUT2D eigenvalue weighted by molar-refractivity contribution is 7.47. The maximum absolute atomic E-state index is 13.0. The third kappa shape index (κ3) is 28.4. The molecule has 0 aromatic rings. The molecule has 0 amide bonds. The van der Waals surface area contributed by atoms with Gasteiger partial charge in [-0.2, -0.15) is 0 Å². The van der Waals surface area contributed by atoms with Gasteiger partial charge in [0.25, 0.3) is 0 Å². The maximum atomic E-state index is 13.0. The van der Waals surface area contributed by atoms with Gasteiger partial charge in [0.1, 0.15) is 43.2 Å². The molecule has 1 saturated heterocycles. The molecule has 2 rings (SSSR count). The number of hydrogen-bond acceptors (Lipinski definition) is 14. The number of aliphatic hydroxyl groups excluding tert-OH is 4. The average Bonchev–Trinajstić information content (AvgIpc) is 4.03. The van der Waals surface area contributed by atoms with Crippen LogP contribution in [0.25, 0.3) is 0 Å². The molecule has 2 aliphatic rings. The summed E-state index contributed by atoms with van der Waals surface area (Å²) in [6.07, 6.45) is 25.1. The van der Waals surface area contributed by atoms with Gasteiger partial charge in [-0.25, -0.2) is 9.13 Å². The van der Waals surface area contributed by atoms with Crippen LogP contribution in [-0.4, -0.2) is 115 Å². The quantitative estimate of drug-likeness (QED) is 0.0100. The van der Waals surface area contributed by atoms with E-state index in [2.05, 4.69) is 67.0 Å². The topological polar surface area (TPSA) is 269 Å². The molecule has 0 spiro atoms. The van der Waals surface area contributed by atoms with E-state index in [0.29, 0.717) is 19.3 Å². The van der Waals surface area contributed by atoms with Crippen LogP contribution in [-0.2, 0) is 46.5 Å². The molecule has 17 nitrogen and oxygen atoms in total. The van der Waals surface area contributed by atoms with E-state index in [0.717, 1.165) is 64.2 Å². The summed E-state index contributed by atoms with van der Waals surface area (Å²) in [5.41, 5.74) is 0. The molecule has 382 valence electrons. The zero-order chi connectivity index (χ0) is 48.6. The lowest BCUT2D eigenvalue weighted by molar-refractivity contribution is -0.216. The lowest BCUT2D eigenvalue weighted by atomic mass is 9.85. The number of aliphatic hydroxyl groups is 4. The number of epoxide rings is 1. The predicted octanol–water partition coefficient (Wildman–Crippen LogP) is 8.27. The summed E-state index contributed by atoms with van der Waals surface area (Å²) < 4.78 is 55.2. The molecule has 0 bridgehead atoms. The molecule has 7 unspecified atom stereocenters. The molecule has 1 heterocycles. The molecule has 0 aromatic heterocycles. The summed E-state index contributed by atoms with van der Waals surface area (Å²) in [4.78, 5) is 54.4. The minimum absolute atomic E-state index is 0.0123. The van der Waals surface area contributed by atoms with Crippen molar-refractivity contribution in [3.05, 3.63) is 48.6 Å². The zero-order valence-corrected chi connectivity index (χ0v) is 41.1. The third-order valence-corrected chi connectivity index (χ3v) is 12.8. The molecular weight excluding hydrogens is 898 g/mol. The van der Waals surface area contributed by atoms with Crippen molar-refractivity contribution in [3.8, 4) is 0 Å². The fraction of sp³-hybridized carbons (Fsp3) is 0.787. The van der Waals surface area contributed by atoms with Crippen LogP contribution in [0.15, 0.2) is 48.6 Å². The Hall–Kier alpha value is -2.08. The van der Waals surface area contributed by atoms with Gasteiger partial charge in [-0.15, -0.1) is 0 Å². The van der Waals surface area contributed by atoms with Gasteiger partial charge in [0.05, 0.1) is 18.8 Å². The van der Waals surface area contributed by atoms with Gasteiger partial charge in [0, 0.05) is 12.8 Å². The molecule has 19 heteroatoms. The summed E-state index contributed by atoms with van der Waals surface area (Å²) >= 11 is 0. The van der Waals surface area contributed by atoms with Crippen LogP contribution in [0.2, 0.25) is 0 Å². The Bertz CT molecular complexity index is 1530. The lowest BCUT2D eigenvalue weighted by Gasteiger charge is -2.43. The van der Waals surface area contributed by atoms with Gasteiger partial charge in [-0.05, 0) is 77.0 Å². The second-order valence-corrected chi connectivity index (χ2v) is 19.8.